The van der Waals surface area contributed by atoms with Crippen molar-refractivity contribution < 1.29 is 19.7 Å². The van der Waals surface area contributed by atoms with Crippen molar-refractivity contribution in [3.8, 4) is 0 Å². The molecule has 0 aromatic heterocycles. The predicted molar refractivity (Wildman–Crippen MR) is 26.1 cm³/mol. The Hall–Kier alpha value is -0.770. The summed E-state index contributed by atoms with van der Waals surface area (Å²) in [5.41, 5.74) is 0. The van der Waals surface area contributed by atoms with Crippen molar-refractivity contribution in [3.63, 3.8) is 0 Å². The molecular formula is C4H8O4. The lowest BCUT2D eigenvalue weighted by atomic mass is 10.6. The van der Waals surface area contributed by atoms with Crippen LogP contribution in [0.1, 0.15) is 6.92 Å². The number of carboxylic acid groups (broad SMARTS) is 2. The second-order valence-corrected chi connectivity index (χ2v) is 1.43. The molecule has 0 radical (unpaired) electrons. The van der Waals surface area contributed by atoms with Crippen molar-refractivity contribution in [1.29, 1.82) is 0 Å². The lowest BCUT2D eigenvalue weighted by molar-refractivity contribution is 0.137. The molecule has 0 bridgehead atoms. The molecule has 1 heterocycles. The maximum atomic E-state index is 8.56. The minimum Gasteiger partial charge on any atom is -0.450 e. The Morgan fingerprint density at radius 1 is 1.75 bits per heavy atom. The van der Waals surface area contributed by atoms with E-state index in [1.54, 1.807) is 0 Å². The molecule has 1 aliphatic rings. The summed E-state index contributed by atoms with van der Waals surface area (Å²) in [4.78, 5) is 8.56. The summed E-state index contributed by atoms with van der Waals surface area (Å²) >= 11 is 0. The van der Waals surface area contributed by atoms with Gasteiger partial charge in [-0.3, -0.25) is 0 Å². The van der Waals surface area contributed by atoms with Crippen molar-refractivity contribution in [3.05, 3.63) is 0 Å². The van der Waals surface area contributed by atoms with Crippen molar-refractivity contribution in [2.24, 2.45) is 0 Å². The number of rotatable bonds is 0. The second-order valence-electron chi connectivity index (χ2n) is 1.43. The van der Waals surface area contributed by atoms with Gasteiger partial charge in [-0.2, -0.15) is 0 Å². The van der Waals surface area contributed by atoms with E-state index in [0.29, 0.717) is 6.10 Å². The Morgan fingerprint density at radius 3 is 1.88 bits per heavy atom. The number of hydrogen-bond acceptors (Lipinski definition) is 2. The molecule has 4 heteroatoms. The second kappa shape index (κ2) is 3.26. The van der Waals surface area contributed by atoms with Gasteiger partial charge in [0.05, 0.1) is 12.7 Å². The summed E-state index contributed by atoms with van der Waals surface area (Å²) in [6.07, 6.45) is -1.25. The van der Waals surface area contributed by atoms with Crippen LogP contribution in [0.4, 0.5) is 4.79 Å². The van der Waals surface area contributed by atoms with Crippen LogP contribution in [0.25, 0.3) is 0 Å². The highest BCUT2D eigenvalue weighted by Gasteiger charge is 2.13. The quantitative estimate of drug-likeness (QED) is 0.460. The first-order valence-corrected chi connectivity index (χ1v) is 2.16. The average Bonchev–Trinajstić information content (AvgIpc) is 2.19. The number of carbonyl (C=O) groups is 1. The van der Waals surface area contributed by atoms with Gasteiger partial charge in [0.2, 0.25) is 0 Å². The van der Waals surface area contributed by atoms with Gasteiger partial charge in [0.15, 0.2) is 0 Å². The van der Waals surface area contributed by atoms with Crippen molar-refractivity contribution >= 4 is 6.16 Å². The highest BCUT2D eigenvalue weighted by molar-refractivity contribution is 5.53. The monoisotopic (exact) mass is 120 g/mol. The van der Waals surface area contributed by atoms with Crippen LogP contribution in [0.3, 0.4) is 0 Å². The number of ether oxygens (including phenoxy) is 1. The number of epoxide rings is 1. The zero-order chi connectivity index (χ0) is 6.57. The van der Waals surface area contributed by atoms with Gasteiger partial charge in [0.1, 0.15) is 0 Å². The molecule has 0 saturated carbocycles. The summed E-state index contributed by atoms with van der Waals surface area (Å²) in [6, 6.07) is 0. The SMILES string of the molecule is CC1CO1.O=C(O)O. The first-order chi connectivity index (χ1) is 3.63. The van der Waals surface area contributed by atoms with Crippen LogP contribution in [-0.2, 0) is 4.74 Å². The molecule has 1 rings (SSSR count). The van der Waals surface area contributed by atoms with E-state index in [2.05, 4.69) is 6.92 Å². The van der Waals surface area contributed by atoms with Crippen molar-refractivity contribution in [2.75, 3.05) is 6.61 Å². The van der Waals surface area contributed by atoms with Crippen LogP contribution in [0.2, 0.25) is 0 Å². The Bertz CT molecular complexity index is 72.1. The Balaban J connectivity index is 0.000000122. The third-order valence-electron chi connectivity index (χ3n) is 0.500. The molecule has 1 aliphatic heterocycles. The van der Waals surface area contributed by atoms with E-state index in [1.807, 2.05) is 0 Å². The van der Waals surface area contributed by atoms with Crippen LogP contribution >= 0.6 is 0 Å². The minimum atomic E-state index is -1.83. The maximum absolute atomic E-state index is 8.56. The fraction of sp³-hybridized carbons (Fsp3) is 0.750. The molecule has 0 spiro atoms. The lowest BCUT2D eigenvalue weighted by Gasteiger charge is -1.60. The molecule has 1 saturated heterocycles. The molecule has 8 heavy (non-hydrogen) atoms. The topological polar surface area (TPSA) is 70.1 Å². The van der Waals surface area contributed by atoms with Gasteiger partial charge in [0.25, 0.3) is 0 Å². The molecule has 0 amide bonds. The van der Waals surface area contributed by atoms with Crippen molar-refractivity contribution in [2.45, 2.75) is 13.0 Å². The smallest absolute Gasteiger partial charge is 0.450 e. The molecule has 4 nitrogen and oxygen atoms in total. The van der Waals surface area contributed by atoms with Crippen molar-refractivity contribution in [1.82, 2.24) is 0 Å². The van der Waals surface area contributed by atoms with Gasteiger partial charge in [-0.25, -0.2) is 4.79 Å². The zero-order valence-corrected chi connectivity index (χ0v) is 4.50. The summed E-state index contributed by atoms with van der Waals surface area (Å²) in [5.74, 6) is 0. The molecule has 0 aromatic carbocycles. The lowest BCUT2D eigenvalue weighted by Crippen LogP contribution is -1.81. The van der Waals surface area contributed by atoms with E-state index < -0.39 is 6.16 Å². The van der Waals surface area contributed by atoms with Gasteiger partial charge in [0, 0.05) is 0 Å². The standard InChI is InChI=1S/C3H6O.CH2O3/c1-3-2-4-3;2-1(3)4/h3H,2H2,1H3;(H2,2,3,4). The molecular weight excluding hydrogens is 112 g/mol. The van der Waals surface area contributed by atoms with E-state index in [4.69, 9.17) is 19.7 Å². The molecule has 1 fully saturated rings. The predicted octanol–water partition coefficient (Wildman–Crippen LogP) is 0.628. The van der Waals surface area contributed by atoms with E-state index in [-0.39, 0.29) is 0 Å². The Kier molecular flexibility index (Phi) is 2.95. The molecule has 1 atom stereocenters. The highest BCUT2D eigenvalue weighted by atomic mass is 16.6. The van der Waals surface area contributed by atoms with E-state index in [9.17, 15) is 0 Å². The first kappa shape index (κ1) is 7.23. The number of hydrogen-bond donors (Lipinski definition) is 2. The van der Waals surface area contributed by atoms with Crippen LogP contribution < -0.4 is 0 Å². The summed E-state index contributed by atoms with van der Waals surface area (Å²) < 4.78 is 4.71. The molecule has 48 valence electrons. The van der Waals surface area contributed by atoms with Gasteiger partial charge in [-0.15, -0.1) is 0 Å². The van der Waals surface area contributed by atoms with Gasteiger partial charge in [-0.1, -0.05) is 0 Å². The van der Waals surface area contributed by atoms with Crippen LogP contribution in [-0.4, -0.2) is 29.1 Å². The van der Waals surface area contributed by atoms with Crippen LogP contribution in [0.15, 0.2) is 0 Å². The Labute approximate surface area is 46.7 Å². The van der Waals surface area contributed by atoms with E-state index in [1.165, 1.54) is 0 Å². The zero-order valence-electron chi connectivity index (χ0n) is 4.50. The minimum absolute atomic E-state index is 0.583. The largest absolute Gasteiger partial charge is 0.503 e. The Morgan fingerprint density at radius 2 is 1.88 bits per heavy atom. The summed E-state index contributed by atoms with van der Waals surface area (Å²) in [6.45, 7) is 3.04. The van der Waals surface area contributed by atoms with Gasteiger partial charge >= 0.3 is 6.16 Å². The maximum Gasteiger partial charge on any atom is 0.503 e. The van der Waals surface area contributed by atoms with E-state index in [0.717, 1.165) is 6.61 Å². The summed E-state index contributed by atoms with van der Waals surface area (Å²) in [5, 5.41) is 13.9. The van der Waals surface area contributed by atoms with Gasteiger partial charge < -0.3 is 14.9 Å². The van der Waals surface area contributed by atoms with Gasteiger partial charge in [-0.05, 0) is 6.92 Å². The molecule has 0 aliphatic carbocycles. The normalized spacial score (nSPS) is 22.9. The fourth-order valence-corrected chi connectivity index (χ4v) is 0.0962. The molecule has 0 aromatic rings. The highest BCUT2D eigenvalue weighted by Crippen LogP contribution is 2.04. The fourth-order valence-electron chi connectivity index (χ4n) is 0.0962. The van der Waals surface area contributed by atoms with Crippen LogP contribution in [0, 0.1) is 0 Å². The third-order valence-corrected chi connectivity index (χ3v) is 0.500. The summed E-state index contributed by atoms with van der Waals surface area (Å²) in [7, 11) is 0. The molecule has 1 unspecified atom stereocenters. The average molecular weight is 120 g/mol. The molecule has 2 N–H and O–H groups in total. The first-order valence-electron chi connectivity index (χ1n) is 2.16. The van der Waals surface area contributed by atoms with E-state index >= 15 is 0 Å². The third kappa shape index (κ3) is 18.8. The van der Waals surface area contributed by atoms with Crippen LogP contribution in [0.5, 0.6) is 0 Å².